The molecule has 2 aliphatic rings. The maximum Gasteiger partial charge on any atom is 0.232 e. The minimum absolute atomic E-state index is 0. The van der Waals surface area contributed by atoms with Gasteiger partial charge in [0.2, 0.25) is 17.8 Å². The van der Waals surface area contributed by atoms with Crippen molar-refractivity contribution in [2.24, 2.45) is 22.9 Å². The van der Waals surface area contributed by atoms with Crippen LogP contribution in [0.15, 0.2) is 42.5 Å². The molecule has 0 bridgehead atoms. The number of piperidine rings is 2. The zero-order chi connectivity index (χ0) is 24.5. The number of nitrogens with two attached hydrogens (primary N) is 4. The average molecular weight is 513 g/mol. The SMILES string of the molecule is CC(Nc1nc(N2C[C@H](N)C[C@H](N)C2)nc(N2C[C@H](N)C[C@H](N)C2)n1)c1cccc2ccccc12.Cl. The lowest BCUT2D eigenvalue weighted by molar-refractivity contribution is 0.441. The molecule has 9 N–H and O–H groups in total. The molecule has 2 aromatic carbocycles. The van der Waals surface area contributed by atoms with E-state index in [1.165, 1.54) is 16.3 Å². The van der Waals surface area contributed by atoms with E-state index >= 15 is 0 Å². The van der Waals surface area contributed by atoms with Crippen molar-refractivity contribution in [1.82, 2.24) is 15.0 Å². The van der Waals surface area contributed by atoms with Gasteiger partial charge in [0.1, 0.15) is 0 Å². The van der Waals surface area contributed by atoms with Crippen molar-refractivity contribution >= 4 is 41.0 Å². The molecular formula is C25H37ClN10. The van der Waals surface area contributed by atoms with Crippen LogP contribution >= 0.6 is 12.4 Å². The second-order valence-electron chi connectivity index (χ2n) is 10.0. The van der Waals surface area contributed by atoms with Crippen LogP contribution in [-0.2, 0) is 0 Å². The monoisotopic (exact) mass is 512 g/mol. The number of hydrogen-bond donors (Lipinski definition) is 5. The third kappa shape index (κ3) is 5.79. The van der Waals surface area contributed by atoms with Gasteiger partial charge in [0, 0.05) is 50.3 Å². The summed E-state index contributed by atoms with van der Waals surface area (Å²) in [6, 6.07) is 14.6. The third-order valence-electron chi connectivity index (χ3n) is 6.84. The fraction of sp³-hybridized carbons (Fsp3) is 0.480. The van der Waals surface area contributed by atoms with Crippen molar-refractivity contribution < 1.29 is 0 Å². The van der Waals surface area contributed by atoms with Gasteiger partial charge >= 0.3 is 0 Å². The van der Waals surface area contributed by atoms with Crippen molar-refractivity contribution in [3.05, 3.63) is 48.0 Å². The van der Waals surface area contributed by atoms with E-state index in [0.29, 0.717) is 44.0 Å². The molecule has 0 amide bonds. The molecule has 10 nitrogen and oxygen atoms in total. The lowest BCUT2D eigenvalue weighted by Crippen LogP contribution is -2.54. The van der Waals surface area contributed by atoms with Gasteiger partial charge in [-0.05, 0) is 36.1 Å². The first-order chi connectivity index (χ1) is 16.9. The Balaban J connectivity index is 0.00000304. The Labute approximate surface area is 218 Å². The average Bonchev–Trinajstić information content (AvgIpc) is 2.82. The van der Waals surface area contributed by atoms with Gasteiger partial charge < -0.3 is 38.1 Å². The number of benzene rings is 2. The van der Waals surface area contributed by atoms with Gasteiger partial charge in [0.15, 0.2) is 0 Å². The molecule has 3 aromatic rings. The Morgan fingerprint density at radius 3 is 1.81 bits per heavy atom. The van der Waals surface area contributed by atoms with Crippen molar-refractivity contribution in [3.63, 3.8) is 0 Å². The van der Waals surface area contributed by atoms with Gasteiger partial charge in [-0.2, -0.15) is 15.0 Å². The maximum atomic E-state index is 6.27. The molecular weight excluding hydrogens is 476 g/mol. The van der Waals surface area contributed by atoms with Crippen molar-refractivity contribution in [1.29, 1.82) is 0 Å². The van der Waals surface area contributed by atoms with E-state index < -0.39 is 0 Å². The van der Waals surface area contributed by atoms with Crippen LogP contribution in [0.1, 0.15) is 31.4 Å². The predicted octanol–water partition coefficient (Wildman–Crippen LogP) is 1.35. The summed E-state index contributed by atoms with van der Waals surface area (Å²) in [4.78, 5) is 18.5. The summed E-state index contributed by atoms with van der Waals surface area (Å²) < 4.78 is 0. The number of anilines is 3. The summed E-state index contributed by atoms with van der Waals surface area (Å²) in [5, 5.41) is 5.91. The predicted molar refractivity (Wildman–Crippen MR) is 149 cm³/mol. The number of nitrogens with zero attached hydrogens (tertiary/aromatic N) is 5. The number of nitrogens with one attached hydrogen (secondary N) is 1. The highest BCUT2D eigenvalue weighted by Gasteiger charge is 2.29. The molecule has 3 heterocycles. The topological polar surface area (TPSA) is 161 Å². The van der Waals surface area contributed by atoms with Crippen LogP contribution in [0.2, 0.25) is 0 Å². The molecule has 1 unspecified atom stereocenters. The van der Waals surface area contributed by atoms with Gasteiger partial charge in [-0.3, -0.25) is 0 Å². The van der Waals surface area contributed by atoms with Crippen LogP contribution in [0, 0.1) is 0 Å². The Kier molecular flexibility index (Phi) is 8.11. The van der Waals surface area contributed by atoms with E-state index in [2.05, 4.69) is 64.5 Å². The summed E-state index contributed by atoms with van der Waals surface area (Å²) in [6.07, 6.45) is 1.57. The summed E-state index contributed by atoms with van der Waals surface area (Å²) in [7, 11) is 0. The van der Waals surface area contributed by atoms with Gasteiger partial charge in [-0.15, -0.1) is 12.4 Å². The molecule has 5 atom stereocenters. The van der Waals surface area contributed by atoms with E-state index in [-0.39, 0.29) is 42.6 Å². The normalized spacial score (nSPS) is 25.4. The van der Waals surface area contributed by atoms with Crippen molar-refractivity contribution in [3.8, 4) is 0 Å². The van der Waals surface area contributed by atoms with E-state index in [4.69, 9.17) is 37.9 Å². The maximum absolute atomic E-state index is 6.27. The molecule has 0 spiro atoms. The summed E-state index contributed by atoms with van der Waals surface area (Å²) in [5.41, 5.74) is 26.2. The van der Waals surface area contributed by atoms with Crippen LogP contribution in [0.4, 0.5) is 17.8 Å². The summed E-state index contributed by atoms with van der Waals surface area (Å²) in [5.74, 6) is 1.65. The molecule has 2 saturated heterocycles. The van der Waals surface area contributed by atoms with E-state index in [9.17, 15) is 0 Å². The third-order valence-corrected chi connectivity index (χ3v) is 6.84. The van der Waals surface area contributed by atoms with E-state index in [1.807, 2.05) is 0 Å². The Morgan fingerprint density at radius 2 is 1.25 bits per heavy atom. The van der Waals surface area contributed by atoms with Crippen LogP contribution in [0.25, 0.3) is 10.8 Å². The standard InChI is InChI=1S/C25H36N10.ClH/c1-15(21-8-4-6-16-5-2-3-7-22(16)21)30-23-31-24(34-11-17(26)9-18(27)12-34)33-25(32-23)35-13-19(28)10-20(29)14-35;/h2-8,15,17-20H,9-14,26-29H2,1H3,(H,30,31,32,33);1H/t15?,17-,18+,19-,20+;. The highest BCUT2D eigenvalue weighted by Crippen LogP contribution is 2.28. The minimum Gasteiger partial charge on any atom is -0.347 e. The lowest BCUT2D eigenvalue weighted by atomic mass is 10.00. The quantitative estimate of drug-likeness (QED) is 0.337. The second-order valence-corrected chi connectivity index (χ2v) is 10.0. The zero-order valence-electron chi connectivity index (χ0n) is 20.6. The van der Waals surface area contributed by atoms with Crippen molar-refractivity contribution in [2.45, 2.75) is 50.0 Å². The molecule has 11 heteroatoms. The molecule has 5 rings (SSSR count). The van der Waals surface area contributed by atoms with Crippen LogP contribution < -0.4 is 38.1 Å². The lowest BCUT2D eigenvalue weighted by Gasteiger charge is -2.37. The minimum atomic E-state index is -0.0269. The number of halogens is 1. The second kappa shape index (κ2) is 11.1. The van der Waals surface area contributed by atoms with E-state index in [0.717, 1.165) is 12.8 Å². The smallest absolute Gasteiger partial charge is 0.232 e. The van der Waals surface area contributed by atoms with Crippen LogP contribution in [0.5, 0.6) is 0 Å². The summed E-state index contributed by atoms with van der Waals surface area (Å²) >= 11 is 0. The molecule has 1 aromatic heterocycles. The Morgan fingerprint density at radius 1 is 0.750 bits per heavy atom. The largest absolute Gasteiger partial charge is 0.347 e. The molecule has 2 fully saturated rings. The zero-order valence-corrected chi connectivity index (χ0v) is 21.4. The number of fused-ring (bicyclic) bond motifs is 1. The fourth-order valence-electron chi connectivity index (χ4n) is 5.28. The molecule has 194 valence electrons. The van der Waals surface area contributed by atoms with Gasteiger partial charge in [-0.25, -0.2) is 0 Å². The Bertz CT molecular complexity index is 1110. The van der Waals surface area contributed by atoms with Gasteiger partial charge in [-0.1, -0.05) is 42.5 Å². The summed E-state index contributed by atoms with van der Waals surface area (Å²) in [6.45, 7) is 4.70. The van der Waals surface area contributed by atoms with Crippen molar-refractivity contribution in [2.75, 3.05) is 41.3 Å². The van der Waals surface area contributed by atoms with Gasteiger partial charge in [0.05, 0.1) is 6.04 Å². The highest BCUT2D eigenvalue weighted by molar-refractivity contribution is 5.86. The van der Waals surface area contributed by atoms with Gasteiger partial charge in [0.25, 0.3) is 0 Å². The van der Waals surface area contributed by atoms with E-state index in [1.54, 1.807) is 0 Å². The molecule has 36 heavy (non-hydrogen) atoms. The Hall–Kier alpha value is -2.76. The number of rotatable bonds is 5. The first-order valence-corrected chi connectivity index (χ1v) is 12.4. The number of hydrogen-bond acceptors (Lipinski definition) is 10. The van der Waals surface area contributed by atoms with Crippen LogP contribution in [-0.4, -0.2) is 65.3 Å². The number of aromatic nitrogens is 3. The first kappa shape index (κ1) is 26.3. The fourth-order valence-corrected chi connectivity index (χ4v) is 5.28. The molecule has 0 radical (unpaired) electrons. The molecule has 0 aliphatic carbocycles. The van der Waals surface area contributed by atoms with Crippen LogP contribution in [0.3, 0.4) is 0 Å². The highest BCUT2D eigenvalue weighted by atomic mass is 35.5. The molecule has 0 saturated carbocycles. The first-order valence-electron chi connectivity index (χ1n) is 12.4. The molecule has 2 aliphatic heterocycles.